The van der Waals surface area contributed by atoms with Gasteiger partial charge in [-0.25, -0.2) is 13.6 Å². The van der Waals surface area contributed by atoms with Crippen LogP contribution in [0.4, 0.5) is 5.69 Å². The molecule has 1 saturated heterocycles. The molecule has 0 spiro atoms. The van der Waals surface area contributed by atoms with Gasteiger partial charge in [-0.1, -0.05) is 0 Å². The zero-order valence-corrected chi connectivity index (χ0v) is 12.3. The van der Waals surface area contributed by atoms with E-state index in [9.17, 15) is 8.42 Å². The Labute approximate surface area is 116 Å². The lowest BCUT2D eigenvalue weighted by molar-refractivity contribution is 0.435. The van der Waals surface area contributed by atoms with Crippen LogP contribution in [-0.4, -0.2) is 32.2 Å². The normalized spacial score (nSPS) is 18.0. The predicted octanol–water partition coefficient (Wildman–Crippen LogP) is 1.35. The molecule has 2 heterocycles. The van der Waals surface area contributed by atoms with Gasteiger partial charge >= 0.3 is 0 Å². The van der Waals surface area contributed by atoms with E-state index in [1.165, 1.54) is 0 Å². The molecule has 18 heavy (non-hydrogen) atoms. The van der Waals surface area contributed by atoms with Gasteiger partial charge in [0.2, 0.25) is 10.0 Å². The van der Waals surface area contributed by atoms with Crippen molar-refractivity contribution in [2.75, 3.05) is 23.7 Å². The van der Waals surface area contributed by atoms with E-state index in [0.29, 0.717) is 0 Å². The van der Waals surface area contributed by atoms with Crippen LogP contribution in [0.1, 0.15) is 12.8 Å². The first-order valence-corrected chi connectivity index (χ1v) is 8.31. The number of rotatable bonds is 3. The molecule has 2 rings (SSSR count). The molecule has 1 aromatic rings. The minimum absolute atomic E-state index is 0.0948. The zero-order chi connectivity index (χ0) is 13.2. The van der Waals surface area contributed by atoms with Gasteiger partial charge in [0.25, 0.3) is 0 Å². The second-order valence-electron chi connectivity index (χ2n) is 4.62. The summed E-state index contributed by atoms with van der Waals surface area (Å²) in [7, 11) is -3.35. The molecule has 0 amide bonds. The highest BCUT2D eigenvalue weighted by Gasteiger charge is 2.22. The summed E-state index contributed by atoms with van der Waals surface area (Å²) < 4.78 is 23.0. The van der Waals surface area contributed by atoms with E-state index < -0.39 is 10.0 Å². The third-order valence-electron chi connectivity index (χ3n) is 3.14. The van der Waals surface area contributed by atoms with Crippen molar-refractivity contribution in [1.29, 1.82) is 0 Å². The Kier molecular flexibility index (Phi) is 4.24. The van der Waals surface area contributed by atoms with Crippen molar-refractivity contribution in [2.24, 2.45) is 11.1 Å². The SMILES string of the molecule is NS(=O)(=O)CC1CCN(c2cncc(Br)c2)CC1. The monoisotopic (exact) mass is 333 g/mol. The van der Waals surface area contributed by atoms with Gasteiger partial charge in [0.1, 0.15) is 0 Å². The van der Waals surface area contributed by atoms with Gasteiger partial charge in [0.15, 0.2) is 0 Å². The molecule has 0 unspecified atom stereocenters. The van der Waals surface area contributed by atoms with Crippen molar-refractivity contribution >= 4 is 31.6 Å². The Bertz CT molecular complexity index is 513. The van der Waals surface area contributed by atoms with Gasteiger partial charge < -0.3 is 4.90 Å². The average molecular weight is 334 g/mol. The summed E-state index contributed by atoms with van der Waals surface area (Å²) in [4.78, 5) is 6.35. The lowest BCUT2D eigenvalue weighted by atomic mass is 9.99. The lowest BCUT2D eigenvalue weighted by Crippen LogP contribution is -2.37. The number of hydrogen-bond acceptors (Lipinski definition) is 4. The van der Waals surface area contributed by atoms with Crippen LogP contribution in [0, 0.1) is 5.92 Å². The van der Waals surface area contributed by atoms with Crippen LogP contribution < -0.4 is 10.0 Å². The Morgan fingerprint density at radius 3 is 2.61 bits per heavy atom. The first-order chi connectivity index (χ1) is 8.44. The number of hydrogen-bond donors (Lipinski definition) is 1. The van der Waals surface area contributed by atoms with Crippen molar-refractivity contribution in [3.63, 3.8) is 0 Å². The summed E-state index contributed by atoms with van der Waals surface area (Å²) in [6.45, 7) is 1.69. The number of halogens is 1. The minimum atomic E-state index is -3.35. The second-order valence-corrected chi connectivity index (χ2v) is 7.20. The summed E-state index contributed by atoms with van der Waals surface area (Å²) >= 11 is 3.40. The molecular formula is C11H16BrN3O2S. The van der Waals surface area contributed by atoms with Crippen molar-refractivity contribution in [3.8, 4) is 0 Å². The molecular weight excluding hydrogens is 318 g/mol. The highest BCUT2D eigenvalue weighted by Crippen LogP contribution is 2.25. The maximum atomic E-state index is 11.0. The lowest BCUT2D eigenvalue weighted by Gasteiger charge is -2.33. The van der Waals surface area contributed by atoms with Crippen LogP contribution >= 0.6 is 15.9 Å². The molecule has 0 aliphatic carbocycles. The molecule has 0 radical (unpaired) electrons. The first-order valence-electron chi connectivity index (χ1n) is 5.80. The zero-order valence-electron chi connectivity index (χ0n) is 9.92. The summed E-state index contributed by atoms with van der Waals surface area (Å²) in [5.74, 6) is 0.272. The smallest absolute Gasteiger partial charge is 0.209 e. The molecule has 5 nitrogen and oxygen atoms in total. The van der Waals surface area contributed by atoms with E-state index in [1.54, 1.807) is 6.20 Å². The fraction of sp³-hybridized carbons (Fsp3) is 0.545. The molecule has 0 saturated carbocycles. The molecule has 1 fully saturated rings. The van der Waals surface area contributed by atoms with Crippen molar-refractivity contribution < 1.29 is 8.42 Å². The summed E-state index contributed by atoms with van der Waals surface area (Å²) in [6.07, 6.45) is 5.27. The Balaban J connectivity index is 1.94. The predicted molar refractivity (Wildman–Crippen MR) is 74.8 cm³/mol. The topological polar surface area (TPSA) is 76.3 Å². The molecule has 1 aliphatic rings. The third kappa shape index (κ3) is 3.93. The van der Waals surface area contributed by atoms with Crippen LogP contribution in [-0.2, 0) is 10.0 Å². The van der Waals surface area contributed by atoms with Crippen molar-refractivity contribution in [1.82, 2.24) is 4.98 Å². The van der Waals surface area contributed by atoms with E-state index in [1.807, 2.05) is 12.3 Å². The molecule has 0 bridgehead atoms. The van der Waals surface area contributed by atoms with Gasteiger partial charge in [0, 0.05) is 23.8 Å². The summed E-state index contributed by atoms with van der Waals surface area (Å²) in [6, 6.07) is 2.02. The molecule has 0 atom stereocenters. The second kappa shape index (κ2) is 5.54. The number of aromatic nitrogens is 1. The van der Waals surface area contributed by atoms with Gasteiger partial charge in [-0.15, -0.1) is 0 Å². The Hall–Kier alpha value is -0.660. The average Bonchev–Trinajstić information content (AvgIpc) is 2.28. The van der Waals surface area contributed by atoms with Crippen LogP contribution in [0.15, 0.2) is 22.9 Å². The van der Waals surface area contributed by atoms with Crippen LogP contribution in [0.25, 0.3) is 0 Å². The number of anilines is 1. The minimum Gasteiger partial charge on any atom is -0.370 e. The third-order valence-corrected chi connectivity index (χ3v) is 4.51. The molecule has 0 aromatic carbocycles. The molecule has 1 aromatic heterocycles. The number of primary sulfonamides is 1. The van der Waals surface area contributed by atoms with E-state index in [-0.39, 0.29) is 11.7 Å². The Morgan fingerprint density at radius 1 is 1.39 bits per heavy atom. The van der Waals surface area contributed by atoms with Gasteiger partial charge in [-0.05, 0) is 40.8 Å². The molecule has 100 valence electrons. The van der Waals surface area contributed by atoms with E-state index in [4.69, 9.17) is 5.14 Å². The largest absolute Gasteiger partial charge is 0.370 e. The highest BCUT2D eigenvalue weighted by molar-refractivity contribution is 9.10. The van der Waals surface area contributed by atoms with E-state index in [0.717, 1.165) is 36.1 Å². The molecule has 1 aliphatic heterocycles. The van der Waals surface area contributed by atoms with Crippen LogP contribution in [0.2, 0.25) is 0 Å². The first kappa shape index (κ1) is 13.8. The standard InChI is InChI=1S/C11H16BrN3O2S/c12-10-5-11(7-14-6-10)15-3-1-9(2-4-15)8-18(13,16)17/h5-7,9H,1-4,8H2,(H2,13,16,17). The fourth-order valence-electron chi connectivity index (χ4n) is 2.26. The van der Waals surface area contributed by atoms with Crippen LogP contribution in [0.5, 0.6) is 0 Å². The molecule has 7 heteroatoms. The maximum absolute atomic E-state index is 11.0. The van der Waals surface area contributed by atoms with Gasteiger partial charge in [-0.3, -0.25) is 4.98 Å². The van der Waals surface area contributed by atoms with Crippen LogP contribution in [0.3, 0.4) is 0 Å². The summed E-state index contributed by atoms with van der Waals surface area (Å²) in [5.41, 5.74) is 1.07. The highest BCUT2D eigenvalue weighted by atomic mass is 79.9. The number of pyridine rings is 1. The van der Waals surface area contributed by atoms with E-state index >= 15 is 0 Å². The Morgan fingerprint density at radius 2 is 2.06 bits per heavy atom. The van der Waals surface area contributed by atoms with Crippen molar-refractivity contribution in [3.05, 3.63) is 22.9 Å². The number of nitrogens with zero attached hydrogens (tertiary/aromatic N) is 2. The summed E-state index contributed by atoms with van der Waals surface area (Å²) in [5, 5.41) is 5.07. The number of piperidine rings is 1. The van der Waals surface area contributed by atoms with Gasteiger partial charge in [0.05, 0.1) is 17.6 Å². The number of sulfonamides is 1. The van der Waals surface area contributed by atoms with Gasteiger partial charge in [-0.2, -0.15) is 0 Å². The number of nitrogens with two attached hydrogens (primary N) is 1. The quantitative estimate of drug-likeness (QED) is 0.905. The molecule has 2 N–H and O–H groups in total. The van der Waals surface area contributed by atoms with E-state index in [2.05, 4.69) is 25.8 Å². The maximum Gasteiger partial charge on any atom is 0.209 e. The van der Waals surface area contributed by atoms with Crippen molar-refractivity contribution in [2.45, 2.75) is 12.8 Å². The fourth-order valence-corrected chi connectivity index (χ4v) is 3.60.